The lowest BCUT2D eigenvalue weighted by atomic mass is 9.96. The van der Waals surface area contributed by atoms with Crippen LogP contribution in [-0.4, -0.2) is 111 Å². The Morgan fingerprint density at radius 1 is 0.882 bits per heavy atom. The van der Waals surface area contributed by atoms with Crippen molar-refractivity contribution in [2.45, 2.75) is 31.6 Å². The summed E-state index contributed by atoms with van der Waals surface area (Å²) in [7, 11) is -3.55. The van der Waals surface area contributed by atoms with Crippen molar-refractivity contribution in [3.63, 3.8) is 0 Å². The molecule has 0 aromatic heterocycles. The molecule has 3 heterocycles. The highest BCUT2D eigenvalue weighted by molar-refractivity contribution is 7.89. The van der Waals surface area contributed by atoms with Gasteiger partial charge in [0.2, 0.25) is 21.8 Å². The standard InChI is InChI=1S/C24H36N4O5S/c1-19-3-4-22(17-20(19)2)34(31,32)28-7-5-21(6-8-28)24(30)27-11-9-26(10-12-27)23(29)18-25-13-15-33-16-14-25/h3-4,17,21H,5-16,18H2,1-2H3. The molecule has 0 aliphatic carbocycles. The molecule has 0 atom stereocenters. The first-order chi connectivity index (χ1) is 16.3. The predicted molar refractivity (Wildman–Crippen MR) is 128 cm³/mol. The van der Waals surface area contributed by atoms with Crippen LogP contribution in [0.4, 0.5) is 0 Å². The highest BCUT2D eigenvalue weighted by atomic mass is 32.2. The third kappa shape index (κ3) is 5.62. The minimum absolute atomic E-state index is 0.0866. The summed E-state index contributed by atoms with van der Waals surface area (Å²) in [5.41, 5.74) is 2.01. The number of ether oxygens (including phenoxy) is 1. The van der Waals surface area contributed by atoms with Gasteiger partial charge in [0.1, 0.15) is 0 Å². The SMILES string of the molecule is Cc1ccc(S(=O)(=O)N2CCC(C(=O)N3CCN(C(=O)CN4CCOCC4)CC3)CC2)cc1C. The molecule has 1 aromatic carbocycles. The van der Waals surface area contributed by atoms with E-state index < -0.39 is 10.0 Å². The van der Waals surface area contributed by atoms with Gasteiger partial charge in [-0.1, -0.05) is 6.07 Å². The summed E-state index contributed by atoms with van der Waals surface area (Å²) in [5, 5.41) is 0. The zero-order valence-corrected chi connectivity index (χ0v) is 21.1. The minimum Gasteiger partial charge on any atom is -0.379 e. The lowest BCUT2D eigenvalue weighted by Gasteiger charge is -2.39. The normalized spacial score (nSPS) is 21.6. The zero-order chi connectivity index (χ0) is 24.3. The van der Waals surface area contributed by atoms with Crippen molar-refractivity contribution < 1.29 is 22.7 Å². The van der Waals surface area contributed by atoms with Crippen molar-refractivity contribution in [3.05, 3.63) is 29.3 Å². The Balaban J connectivity index is 1.25. The van der Waals surface area contributed by atoms with Gasteiger partial charge in [0.15, 0.2) is 0 Å². The second-order valence-electron chi connectivity index (χ2n) is 9.52. The van der Waals surface area contributed by atoms with Crippen molar-refractivity contribution >= 4 is 21.8 Å². The van der Waals surface area contributed by atoms with E-state index in [2.05, 4.69) is 4.90 Å². The lowest BCUT2D eigenvalue weighted by molar-refractivity contribution is -0.143. The lowest BCUT2D eigenvalue weighted by Crippen LogP contribution is -2.55. The molecular weight excluding hydrogens is 456 g/mol. The van der Waals surface area contributed by atoms with Crippen molar-refractivity contribution in [1.82, 2.24) is 19.0 Å². The molecular formula is C24H36N4O5S. The number of sulfonamides is 1. The molecule has 0 unspecified atom stereocenters. The van der Waals surface area contributed by atoms with E-state index in [1.807, 2.05) is 29.7 Å². The Hall–Kier alpha value is -2.01. The van der Waals surface area contributed by atoms with E-state index in [0.29, 0.717) is 76.8 Å². The number of piperidine rings is 1. The van der Waals surface area contributed by atoms with Crippen LogP contribution in [0.2, 0.25) is 0 Å². The molecule has 3 fully saturated rings. The molecule has 0 bridgehead atoms. The van der Waals surface area contributed by atoms with E-state index in [1.54, 1.807) is 12.1 Å². The van der Waals surface area contributed by atoms with Gasteiger partial charge in [0.05, 0.1) is 24.7 Å². The van der Waals surface area contributed by atoms with Gasteiger partial charge in [-0.05, 0) is 49.9 Å². The number of nitrogens with zero attached hydrogens (tertiary/aromatic N) is 4. The van der Waals surface area contributed by atoms with E-state index in [1.165, 1.54) is 4.31 Å². The predicted octanol–water partition coefficient (Wildman–Crippen LogP) is 0.707. The monoisotopic (exact) mass is 492 g/mol. The van der Waals surface area contributed by atoms with Crippen LogP contribution in [0.1, 0.15) is 24.0 Å². The Bertz CT molecular complexity index is 993. The smallest absolute Gasteiger partial charge is 0.243 e. The van der Waals surface area contributed by atoms with E-state index in [4.69, 9.17) is 4.74 Å². The largest absolute Gasteiger partial charge is 0.379 e. The maximum absolute atomic E-state index is 13.1. The Kier molecular flexibility index (Phi) is 7.91. The zero-order valence-electron chi connectivity index (χ0n) is 20.2. The van der Waals surface area contributed by atoms with E-state index in [-0.39, 0.29) is 17.7 Å². The first-order valence-electron chi connectivity index (χ1n) is 12.2. The molecule has 3 saturated heterocycles. The first-order valence-corrected chi connectivity index (χ1v) is 13.6. The fraction of sp³-hybridized carbons (Fsp3) is 0.667. The molecule has 3 aliphatic rings. The van der Waals surface area contributed by atoms with Crippen LogP contribution in [0.3, 0.4) is 0 Å². The maximum atomic E-state index is 13.1. The average Bonchev–Trinajstić information content (AvgIpc) is 2.86. The molecule has 34 heavy (non-hydrogen) atoms. The van der Waals surface area contributed by atoms with Crippen molar-refractivity contribution in [2.24, 2.45) is 5.92 Å². The Morgan fingerprint density at radius 3 is 2.12 bits per heavy atom. The van der Waals surface area contributed by atoms with Gasteiger partial charge in [0.25, 0.3) is 0 Å². The molecule has 3 aliphatic heterocycles. The number of hydrogen-bond donors (Lipinski definition) is 0. The second kappa shape index (κ2) is 10.7. The summed E-state index contributed by atoms with van der Waals surface area (Å²) in [6.45, 7) is 10.1. The molecule has 188 valence electrons. The van der Waals surface area contributed by atoms with E-state index in [0.717, 1.165) is 24.2 Å². The van der Waals surface area contributed by atoms with E-state index >= 15 is 0 Å². The van der Waals surface area contributed by atoms with Crippen LogP contribution < -0.4 is 0 Å². The molecule has 0 N–H and O–H groups in total. The van der Waals surface area contributed by atoms with Gasteiger partial charge in [-0.2, -0.15) is 4.31 Å². The third-order valence-electron chi connectivity index (χ3n) is 7.33. The van der Waals surface area contributed by atoms with Crippen LogP contribution in [0, 0.1) is 19.8 Å². The maximum Gasteiger partial charge on any atom is 0.243 e. The number of morpholine rings is 1. The summed E-state index contributed by atoms with van der Waals surface area (Å²) in [6, 6.07) is 5.22. The van der Waals surface area contributed by atoms with Crippen LogP contribution >= 0.6 is 0 Å². The second-order valence-corrected chi connectivity index (χ2v) is 11.5. The fourth-order valence-corrected chi connectivity index (χ4v) is 6.41. The molecule has 0 radical (unpaired) electrons. The number of carbonyl (C=O) groups is 2. The van der Waals surface area contributed by atoms with Crippen molar-refractivity contribution in [2.75, 3.05) is 72.1 Å². The van der Waals surface area contributed by atoms with Crippen LogP contribution in [0.5, 0.6) is 0 Å². The highest BCUT2D eigenvalue weighted by Gasteiger charge is 2.35. The molecule has 0 spiro atoms. The first kappa shape index (κ1) is 25.1. The van der Waals surface area contributed by atoms with Gasteiger partial charge in [-0.25, -0.2) is 8.42 Å². The number of hydrogen-bond acceptors (Lipinski definition) is 6. The molecule has 4 rings (SSSR count). The third-order valence-corrected chi connectivity index (χ3v) is 9.22. The van der Waals surface area contributed by atoms with Crippen molar-refractivity contribution in [3.8, 4) is 0 Å². The van der Waals surface area contributed by atoms with Gasteiger partial charge < -0.3 is 14.5 Å². The number of amides is 2. The number of carbonyl (C=O) groups excluding carboxylic acids is 2. The summed E-state index contributed by atoms with van der Waals surface area (Å²) in [4.78, 5) is 31.8. The minimum atomic E-state index is -3.55. The van der Waals surface area contributed by atoms with Gasteiger partial charge in [0, 0.05) is 58.3 Å². The topological polar surface area (TPSA) is 90.5 Å². The number of piperazine rings is 1. The molecule has 1 aromatic rings. The molecule has 2 amide bonds. The highest BCUT2D eigenvalue weighted by Crippen LogP contribution is 2.26. The molecule has 10 heteroatoms. The number of rotatable bonds is 5. The van der Waals surface area contributed by atoms with Gasteiger partial charge in [-0.3, -0.25) is 14.5 Å². The van der Waals surface area contributed by atoms with Crippen LogP contribution in [-0.2, 0) is 24.3 Å². The summed E-state index contributed by atoms with van der Waals surface area (Å²) >= 11 is 0. The summed E-state index contributed by atoms with van der Waals surface area (Å²) < 4.78 is 32.9. The van der Waals surface area contributed by atoms with Gasteiger partial charge >= 0.3 is 0 Å². The molecule has 0 saturated carbocycles. The Morgan fingerprint density at radius 2 is 1.50 bits per heavy atom. The summed E-state index contributed by atoms with van der Waals surface area (Å²) in [5.74, 6) is 0.0316. The Labute approximate surface area is 202 Å². The quantitative estimate of drug-likeness (QED) is 0.601. The van der Waals surface area contributed by atoms with Crippen LogP contribution in [0.15, 0.2) is 23.1 Å². The summed E-state index contributed by atoms with van der Waals surface area (Å²) in [6.07, 6.45) is 1.05. The number of aryl methyl sites for hydroxylation is 2. The molecule has 9 nitrogen and oxygen atoms in total. The number of benzene rings is 1. The van der Waals surface area contributed by atoms with Gasteiger partial charge in [-0.15, -0.1) is 0 Å². The van der Waals surface area contributed by atoms with E-state index in [9.17, 15) is 18.0 Å². The van der Waals surface area contributed by atoms with Crippen LogP contribution in [0.25, 0.3) is 0 Å². The average molecular weight is 493 g/mol. The fourth-order valence-electron chi connectivity index (χ4n) is 4.85. The van der Waals surface area contributed by atoms with Crippen molar-refractivity contribution in [1.29, 1.82) is 0 Å².